The van der Waals surface area contributed by atoms with Gasteiger partial charge in [0.15, 0.2) is 6.61 Å². The maximum Gasteiger partial charge on any atom is 0.261 e. The molecule has 3 aromatic carbocycles. The van der Waals surface area contributed by atoms with Crippen molar-refractivity contribution in [2.24, 2.45) is 0 Å². The number of nitrogens with zero attached hydrogens (tertiary/aromatic N) is 1. The van der Waals surface area contributed by atoms with Gasteiger partial charge in [-0.15, -0.1) is 0 Å². The van der Waals surface area contributed by atoms with Crippen molar-refractivity contribution in [3.63, 3.8) is 0 Å². The molecule has 0 radical (unpaired) electrons. The lowest BCUT2D eigenvalue weighted by Crippen LogP contribution is -2.55. The van der Waals surface area contributed by atoms with Crippen LogP contribution in [0.25, 0.3) is 0 Å². The summed E-state index contributed by atoms with van der Waals surface area (Å²) in [5.41, 5.74) is 3.77. The maximum atomic E-state index is 14.7. The Morgan fingerprint density at radius 1 is 0.973 bits per heavy atom. The van der Waals surface area contributed by atoms with Gasteiger partial charge in [-0.05, 0) is 75.9 Å². The van der Waals surface area contributed by atoms with Gasteiger partial charge in [-0.25, -0.2) is 4.39 Å². The lowest BCUT2D eigenvalue weighted by atomic mass is 10.0. The summed E-state index contributed by atoms with van der Waals surface area (Å²) in [4.78, 5) is 28.7. The summed E-state index contributed by atoms with van der Waals surface area (Å²) < 4.78 is 20.7. The molecule has 196 valence electrons. The fraction of sp³-hybridized carbons (Fsp3) is 0.355. The van der Waals surface area contributed by atoms with Crippen LogP contribution in [0.5, 0.6) is 5.75 Å². The van der Waals surface area contributed by atoms with E-state index in [1.165, 1.54) is 11.0 Å². The molecule has 6 heteroatoms. The second-order valence-electron chi connectivity index (χ2n) is 10.6. The van der Waals surface area contributed by atoms with Crippen LogP contribution in [0.15, 0.2) is 66.7 Å². The highest BCUT2D eigenvalue weighted by Gasteiger charge is 2.33. The van der Waals surface area contributed by atoms with Crippen molar-refractivity contribution < 1.29 is 18.7 Å². The first-order chi connectivity index (χ1) is 17.4. The van der Waals surface area contributed by atoms with Crippen LogP contribution in [-0.2, 0) is 22.6 Å². The lowest BCUT2D eigenvalue weighted by molar-refractivity contribution is -0.143. The number of aryl methyl sites for hydroxylation is 2. The van der Waals surface area contributed by atoms with E-state index in [9.17, 15) is 14.0 Å². The Hall–Kier alpha value is -3.67. The number of nitrogens with one attached hydrogen (secondary N) is 1. The molecule has 3 rings (SSSR count). The number of hydrogen-bond acceptors (Lipinski definition) is 3. The highest BCUT2D eigenvalue weighted by Crippen LogP contribution is 2.24. The number of carbonyl (C=O) groups is 2. The summed E-state index contributed by atoms with van der Waals surface area (Å²) in [7, 11) is 0. The van der Waals surface area contributed by atoms with Gasteiger partial charge in [0.25, 0.3) is 5.91 Å². The van der Waals surface area contributed by atoms with E-state index in [0.717, 1.165) is 22.3 Å². The summed E-state index contributed by atoms with van der Waals surface area (Å²) in [5, 5.41) is 3.01. The Morgan fingerprint density at radius 3 is 2.27 bits per heavy atom. The van der Waals surface area contributed by atoms with Crippen molar-refractivity contribution in [2.45, 2.75) is 66.1 Å². The molecule has 0 aromatic heterocycles. The van der Waals surface area contributed by atoms with Crippen LogP contribution in [0, 0.1) is 26.6 Å². The van der Waals surface area contributed by atoms with Crippen LogP contribution >= 0.6 is 0 Å². The van der Waals surface area contributed by atoms with Crippen molar-refractivity contribution in [3.05, 3.63) is 100 Å². The predicted molar refractivity (Wildman–Crippen MR) is 145 cm³/mol. The third-order valence-electron chi connectivity index (χ3n) is 6.18. The van der Waals surface area contributed by atoms with Crippen molar-refractivity contribution in [2.75, 3.05) is 6.61 Å². The monoisotopic (exact) mass is 504 g/mol. The molecule has 0 aliphatic rings. The fourth-order valence-electron chi connectivity index (χ4n) is 4.19. The number of hydrogen-bond donors (Lipinski definition) is 1. The van der Waals surface area contributed by atoms with Gasteiger partial charge in [0.1, 0.15) is 17.6 Å². The molecular weight excluding hydrogens is 467 g/mol. The molecule has 0 saturated carbocycles. The van der Waals surface area contributed by atoms with Gasteiger partial charge in [-0.1, -0.05) is 54.6 Å². The molecule has 0 unspecified atom stereocenters. The molecule has 0 aliphatic heterocycles. The van der Waals surface area contributed by atoms with Crippen LogP contribution in [0.4, 0.5) is 4.39 Å². The van der Waals surface area contributed by atoms with E-state index in [1.807, 2.05) is 77.9 Å². The molecule has 0 bridgehead atoms. The molecule has 0 fully saturated rings. The lowest BCUT2D eigenvalue weighted by Gasteiger charge is -2.34. The van der Waals surface area contributed by atoms with E-state index in [1.54, 1.807) is 18.2 Å². The molecule has 1 atom stereocenters. The molecule has 2 amide bonds. The van der Waals surface area contributed by atoms with Crippen molar-refractivity contribution in [1.29, 1.82) is 0 Å². The Kier molecular flexibility index (Phi) is 9.09. The minimum absolute atomic E-state index is 0.0598. The normalized spacial score (nSPS) is 12.1. The number of ether oxygens (including phenoxy) is 1. The maximum absolute atomic E-state index is 14.7. The SMILES string of the molecule is Cc1cc(C)c(C)c(OCC(=O)N(Cc2ccccc2F)[C@H](Cc2ccccc2)C(=O)NC(C)(C)C)c1. The third-order valence-corrected chi connectivity index (χ3v) is 6.18. The highest BCUT2D eigenvalue weighted by atomic mass is 19.1. The molecule has 0 saturated heterocycles. The molecule has 0 aliphatic carbocycles. The van der Waals surface area contributed by atoms with E-state index < -0.39 is 23.3 Å². The molecule has 3 aromatic rings. The topological polar surface area (TPSA) is 58.6 Å². The Morgan fingerprint density at radius 2 is 1.62 bits per heavy atom. The number of halogens is 1. The molecule has 0 heterocycles. The van der Waals surface area contributed by atoms with Crippen LogP contribution in [0.1, 0.15) is 48.6 Å². The largest absolute Gasteiger partial charge is 0.483 e. The summed E-state index contributed by atoms with van der Waals surface area (Å²) >= 11 is 0. The van der Waals surface area contributed by atoms with Crippen molar-refractivity contribution in [3.8, 4) is 5.75 Å². The van der Waals surface area contributed by atoms with Gasteiger partial charge >= 0.3 is 0 Å². The minimum atomic E-state index is -0.863. The second-order valence-corrected chi connectivity index (χ2v) is 10.6. The van der Waals surface area contributed by atoms with Crippen molar-refractivity contribution >= 4 is 11.8 Å². The fourth-order valence-corrected chi connectivity index (χ4v) is 4.19. The molecule has 1 N–H and O–H groups in total. The third kappa shape index (κ3) is 7.91. The van der Waals surface area contributed by atoms with Crippen LogP contribution in [0.3, 0.4) is 0 Å². The van der Waals surface area contributed by atoms with Crippen LogP contribution in [-0.4, -0.2) is 34.9 Å². The van der Waals surface area contributed by atoms with Gasteiger partial charge in [0.2, 0.25) is 5.91 Å². The van der Waals surface area contributed by atoms with Gasteiger partial charge < -0.3 is 15.0 Å². The average Bonchev–Trinajstić information content (AvgIpc) is 2.83. The Balaban J connectivity index is 1.97. The molecule has 37 heavy (non-hydrogen) atoms. The zero-order chi connectivity index (χ0) is 27.2. The predicted octanol–water partition coefficient (Wildman–Crippen LogP) is 5.68. The van der Waals surface area contributed by atoms with E-state index in [0.29, 0.717) is 11.3 Å². The zero-order valence-electron chi connectivity index (χ0n) is 22.6. The number of carbonyl (C=O) groups excluding carboxylic acids is 2. The second kappa shape index (κ2) is 12.0. The first kappa shape index (κ1) is 27.9. The molecular formula is C31H37FN2O3. The van der Waals surface area contributed by atoms with E-state index in [2.05, 4.69) is 11.4 Å². The van der Waals surface area contributed by atoms with Crippen LogP contribution < -0.4 is 10.1 Å². The number of benzene rings is 3. The number of amides is 2. The average molecular weight is 505 g/mol. The van der Waals surface area contributed by atoms with Crippen LogP contribution in [0.2, 0.25) is 0 Å². The van der Waals surface area contributed by atoms with E-state index >= 15 is 0 Å². The van der Waals surface area contributed by atoms with Crippen molar-refractivity contribution in [1.82, 2.24) is 10.2 Å². The van der Waals surface area contributed by atoms with E-state index in [-0.39, 0.29) is 25.5 Å². The molecule has 5 nitrogen and oxygen atoms in total. The molecule has 0 spiro atoms. The van der Waals surface area contributed by atoms with E-state index in [4.69, 9.17) is 4.74 Å². The summed E-state index contributed by atoms with van der Waals surface area (Å²) in [6, 6.07) is 18.9. The summed E-state index contributed by atoms with van der Waals surface area (Å²) in [6.07, 6.45) is 0.283. The van der Waals surface area contributed by atoms with Gasteiger partial charge in [0.05, 0.1) is 0 Å². The Bertz CT molecular complexity index is 1230. The highest BCUT2D eigenvalue weighted by molar-refractivity contribution is 5.89. The first-order valence-electron chi connectivity index (χ1n) is 12.5. The van der Waals surface area contributed by atoms with Gasteiger partial charge in [-0.3, -0.25) is 9.59 Å². The standard InChI is InChI=1S/C31H37FN2O3/c1-21-16-22(2)23(3)28(17-21)37-20-29(35)34(19-25-14-10-11-15-26(25)32)27(30(36)33-31(4,5)6)18-24-12-8-7-9-13-24/h7-17,27H,18-20H2,1-6H3,(H,33,36)/t27-/m1/s1. The minimum Gasteiger partial charge on any atom is -0.483 e. The van der Waals surface area contributed by atoms with Gasteiger partial charge in [0, 0.05) is 24.1 Å². The van der Waals surface area contributed by atoms with Gasteiger partial charge in [-0.2, -0.15) is 0 Å². The quantitative estimate of drug-likeness (QED) is 0.408. The zero-order valence-corrected chi connectivity index (χ0v) is 22.6. The summed E-state index contributed by atoms with van der Waals surface area (Å²) in [5.74, 6) is -0.507. The summed E-state index contributed by atoms with van der Waals surface area (Å²) in [6.45, 7) is 11.2. The smallest absolute Gasteiger partial charge is 0.261 e. The Labute approximate surface area is 219 Å². The first-order valence-corrected chi connectivity index (χ1v) is 12.5. The number of rotatable bonds is 9.